The lowest BCUT2D eigenvalue weighted by molar-refractivity contribution is -0.377. The van der Waals surface area contributed by atoms with Gasteiger partial charge in [0, 0.05) is 25.1 Å². The Morgan fingerprint density at radius 3 is 2.13 bits per heavy atom. The van der Waals surface area contributed by atoms with Crippen molar-refractivity contribution in [3.05, 3.63) is 75.0 Å². The lowest BCUT2D eigenvalue weighted by atomic mass is 9.99. The van der Waals surface area contributed by atoms with Crippen LogP contribution < -0.4 is 23.9 Å². The average molecular weight is 562 g/mol. The van der Waals surface area contributed by atoms with Gasteiger partial charge in [-0.1, -0.05) is 29.3 Å². The van der Waals surface area contributed by atoms with Gasteiger partial charge in [-0.2, -0.15) is 0 Å². The predicted octanol–water partition coefficient (Wildman–Crippen LogP) is 4.73. The molecular weight excluding hydrogens is 531 g/mol. The van der Waals surface area contributed by atoms with Crippen molar-refractivity contribution in [3.63, 3.8) is 0 Å². The first-order valence-electron chi connectivity index (χ1n) is 12.1. The van der Waals surface area contributed by atoms with Crippen LogP contribution in [-0.2, 0) is 28.9 Å². The SMILES string of the molecule is COc1ccc([C@H](Cc2c(Cl)c[nH+]cc2Cl)OC(=O)CN2CCc3cc(OC)c(OC)cc3C2)cc1OC. The smallest absolute Gasteiger partial charge is 0.320 e. The van der Waals surface area contributed by atoms with Crippen molar-refractivity contribution in [1.29, 1.82) is 0 Å². The Labute approximate surface area is 232 Å². The molecular formula is C28H31Cl2N2O6+. The fourth-order valence-corrected chi connectivity index (χ4v) is 5.12. The number of H-pyrrole nitrogens is 1. The van der Waals surface area contributed by atoms with Crippen molar-refractivity contribution in [2.75, 3.05) is 41.5 Å². The monoisotopic (exact) mass is 561 g/mol. The van der Waals surface area contributed by atoms with Crippen molar-refractivity contribution in [3.8, 4) is 23.0 Å². The van der Waals surface area contributed by atoms with Gasteiger partial charge in [0.25, 0.3) is 0 Å². The first-order chi connectivity index (χ1) is 18.4. The molecule has 0 radical (unpaired) electrons. The van der Waals surface area contributed by atoms with Crippen LogP contribution in [0.4, 0.5) is 0 Å². The van der Waals surface area contributed by atoms with E-state index in [2.05, 4.69) is 9.88 Å². The number of benzene rings is 2. The number of aromatic nitrogens is 1. The van der Waals surface area contributed by atoms with Crippen LogP contribution in [0.1, 0.15) is 28.4 Å². The first-order valence-corrected chi connectivity index (χ1v) is 12.8. The number of carbonyl (C=O) groups is 1. The number of hydrogen-bond donors (Lipinski definition) is 0. The number of esters is 1. The second-order valence-corrected chi connectivity index (χ2v) is 9.68. The third kappa shape index (κ3) is 6.26. The lowest BCUT2D eigenvalue weighted by Crippen LogP contribution is -2.36. The number of ether oxygens (including phenoxy) is 5. The first kappa shape index (κ1) is 27.8. The molecule has 1 aliphatic heterocycles. The summed E-state index contributed by atoms with van der Waals surface area (Å²) in [5.74, 6) is 2.11. The minimum Gasteiger partial charge on any atom is -0.493 e. The Balaban J connectivity index is 1.54. The summed E-state index contributed by atoms with van der Waals surface area (Å²) >= 11 is 12.9. The van der Waals surface area contributed by atoms with Crippen molar-refractivity contribution < 1.29 is 33.5 Å². The van der Waals surface area contributed by atoms with Crippen molar-refractivity contribution in [1.82, 2.24) is 4.90 Å². The van der Waals surface area contributed by atoms with Gasteiger partial charge >= 0.3 is 5.97 Å². The van der Waals surface area contributed by atoms with Crippen LogP contribution in [0.3, 0.4) is 0 Å². The predicted molar refractivity (Wildman–Crippen MR) is 144 cm³/mol. The number of nitrogens with one attached hydrogen (secondary N) is 1. The van der Waals surface area contributed by atoms with E-state index in [1.54, 1.807) is 53.0 Å². The van der Waals surface area contributed by atoms with E-state index in [9.17, 15) is 4.79 Å². The molecule has 8 nitrogen and oxygen atoms in total. The maximum absolute atomic E-state index is 13.2. The largest absolute Gasteiger partial charge is 0.493 e. The molecule has 38 heavy (non-hydrogen) atoms. The summed E-state index contributed by atoms with van der Waals surface area (Å²) in [7, 11) is 6.36. The summed E-state index contributed by atoms with van der Waals surface area (Å²) in [6, 6.07) is 9.38. The zero-order valence-electron chi connectivity index (χ0n) is 21.8. The summed E-state index contributed by atoms with van der Waals surface area (Å²) in [6.45, 7) is 1.43. The minimum atomic E-state index is -0.652. The number of rotatable bonds is 10. The molecule has 3 aromatic rings. The van der Waals surface area contributed by atoms with Gasteiger partial charge in [-0.05, 0) is 47.4 Å². The number of carbonyl (C=O) groups excluding carboxylic acids is 1. The number of fused-ring (bicyclic) bond motifs is 1. The van der Waals surface area contributed by atoms with Crippen LogP contribution in [0.5, 0.6) is 23.0 Å². The molecule has 0 fully saturated rings. The Hall–Kier alpha value is -3.20. The van der Waals surface area contributed by atoms with Crippen molar-refractivity contribution in [2.24, 2.45) is 0 Å². The van der Waals surface area contributed by atoms with Gasteiger partial charge in [0.15, 0.2) is 35.4 Å². The Morgan fingerprint density at radius 1 is 0.895 bits per heavy atom. The fourth-order valence-electron chi connectivity index (χ4n) is 4.59. The van der Waals surface area contributed by atoms with Crippen molar-refractivity contribution in [2.45, 2.75) is 25.5 Å². The highest BCUT2D eigenvalue weighted by Gasteiger charge is 2.26. The third-order valence-electron chi connectivity index (χ3n) is 6.59. The van der Waals surface area contributed by atoms with Crippen LogP contribution in [0.25, 0.3) is 0 Å². The normalized spacial score (nSPS) is 13.8. The highest BCUT2D eigenvalue weighted by Crippen LogP contribution is 2.36. The molecule has 0 saturated carbocycles. The van der Waals surface area contributed by atoms with Crippen LogP contribution in [0, 0.1) is 0 Å². The van der Waals surface area contributed by atoms with E-state index in [1.165, 1.54) is 5.56 Å². The molecule has 1 atom stereocenters. The Kier molecular flexibility index (Phi) is 9.20. The van der Waals surface area contributed by atoms with Gasteiger partial charge in [-0.15, -0.1) is 0 Å². The van der Waals surface area contributed by atoms with E-state index in [1.807, 2.05) is 18.2 Å². The Morgan fingerprint density at radius 2 is 1.50 bits per heavy atom. The molecule has 10 heteroatoms. The van der Waals surface area contributed by atoms with Gasteiger partial charge in [-0.25, -0.2) is 4.98 Å². The molecule has 0 bridgehead atoms. The molecule has 1 N–H and O–H groups in total. The van der Waals surface area contributed by atoms with Gasteiger partial charge < -0.3 is 23.7 Å². The summed E-state index contributed by atoms with van der Waals surface area (Å²) < 4.78 is 27.8. The van der Waals surface area contributed by atoms with E-state index < -0.39 is 6.10 Å². The van der Waals surface area contributed by atoms with E-state index in [-0.39, 0.29) is 18.9 Å². The molecule has 1 aliphatic rings. The van der Waals surface area contributed by atoms with Gasteiger partial charge in [0.05, 0.1) is 35.0 Å². The van der Waals surface area contributed by atoms with E-state index in [0.717, 1.165) is 17.5 Å². The highest BCUT2D eigenvalue weighted by atomic mass is 35.5. The lowest BCUT2D eigenvalue weighted by Gasteiger charge is -2.29. The van der Waals surface area contributed by atoms with Crippen LogP contribution in [0.2, 0.25) is 10.0 Å². The van der Waals surface area contributed by atoms with Gasteiger partial charge in [-0.3, -0.25) is 9.69 Å². The maximum Gasteiger partial charge on any atom is 0.320 e. The number of aromatic amines is 1. The molecule has 4 rings (SSSR count). The summed E-state index contributed by atoms with van der Waals surface area (Å²) in [4.78, 5) is 18.2. The van der Waals surface area contributed by atoms with Crippen LogP contribution >= 0.6 is 23.2 Å². The summed E-state index contributed by atoms with van der Waals surface area (Å²) in [6.07, 6.45) is 3.71. The molecule has 0 unspecified atom stereocenters. The minimum absolute atomic E-state index is 0.127. The fraction of sp³-hybridized carbons (Fsp3) is 0.357. The van der Waals surface area contributed by atoms with E-state index in [4.69, 9.17) is 46.9 Å². The van der Waals surface area contributed by atoms with Crippen LogP contribution in [-0.4, -0.2) is 52.4 Å². The second-order valence-electron chi connectivity index (χ2n) is 8.86. The number of pyridine rings is 1. The van der Waals surface area contributed by atoms with Gasteiger partial charge in [0.2, 0.25) is 0 Å². The summed E-state index contributed by atoms with van der Waals surface area (Å²) in [5.41, 5.74) is 3.68. The number of hydrogen-bond acceptors (Lipinski definition) is 7. The number of nitrogens with zero attached hydrogens (tertiary/aromatic N) is 1. The molecule has 202 valence electrons. The maximum atomic E-state index is 13.2. The molecule has 2 aromatic carbocycles. The molecule has 0 spiro atoms. The van der Waals surface area contributed by atoms with Crippen LogP contribution in [0.15, 0.2) is 42.7 Å². The van der Waals surface area contributed by atoms with Gasteiger partial charge in [0.1, 0.15) is 16.1 Å². The molecule has 1 aromatic heterocycles. The second kappa shape index (κ2) is 12.6. The highest BCUT2D eigenvalue weighted by molar-refractivity contribution is 6.35. The molecule has 0 aliphatic carbocycles. The van der Waals surface area contributed by atoms with Crippen molar-refractivity contribution >= 4 is 29.2 Å². The molecule has 0 saturated heterocycles. The molecule has 2 heterocycles. The zero-order valence-corrected chi connectivity index (χ0v) is 23.3. The van der Waals surface area contributed by atoms with E-state index >= 15 is 0 Å². The molecule has 0 amide bonds. The van der Waals surface area contributed by atoms with E-state index in [0.29, 0.717) is 51.7 Å². The zero-order chi connectivity index (χ0) is 27.2. The summed E-state index contributed by atoms with van der Waals surface area (Å²) in [5, 5.41) is 0.909. The average Bonchev–Trinajstić information content (AvgIpc) is 2.93. The number of halogens is 2. The Bertz CT molecular complexity index is 1280. The quantitative estimate of drug-likeness (QED) is 0.331. The number of methoxy groups -OCH3 is 4. The topological polar surface area (TPSA) is 80.6 Å². The third-order valence-corrected chi connectivity index (χ3v) is 7.26. The standard InChI is InChI=1S/C28H30Cl2N2O6/c1-34-23-6-5-18(10-25(23)35-2)24(12-20-21(29)13-31-14-22(20)30)38-28(33)16-32-8-7-17-9-26(36-3)27(37-4)11-19(17)15-32/h5-6,9-11,13-14,24H,7-8,12,15-16H2,1-4H3/p+1/t24-/m0/s1.